The number of ether oxygens (including phenoxy) is 2. The van der Waals surface area contributed by atoms with Crippen molar-refractivity contribution in [3.63, 3.8) is 0 Å². The molecule has 35 heavy (non-hydrogen) atoms. The normalized spacial score (nSPS) is 27.2. The zero-order valence-electron chi connectivity index (χ0n) is 20.5. The fraction of sp³-hybridized carbons (Fsp3) is 0.517. The molecular weight excluding hydrogens is 440 g/mol. The van der Waals surface area contributed by atoms with E-state index in [1.165, 1.54) is 19.3 Å². The van der Waals surface area contributed by atoms with E-state index in [0.717, 1.165) is 42.6 Å². The number of rotatable bonds is 9. The van der Waals surface area contributed by atoms with Gasteiger partial charge >= 0.3 is 12.0 Å². The first kappa shape index (κ1) is 23.7. The third-order valence-corrected chi connectivity index (χ3v) is 7.92. The monoisotopic (exact) mass is 476 g/mol. The molecule has 0 radical (unpaired) electrons. The van der Waals surface area contributed by atoms with Crippen LogP contribution >= 0.6 is 0 Å². The van der Waals surface area contributed by atoms with Gasteiger partial charge in [0.15, 0.2) is 0 Å². The number of carbonyl (C=O) groups is 2. The van der Waals surface area contributed by atoms with Gasteiger partial charge in [0.1, 0.15) is 11.9 Å². The van der Waals surface area contributed by atoms with Crippen LogP contribution in [0.1, 0.15) is 73.9 Å². The van der Waals surface area contributed by atoms with Gasteiger partial charge in [-0.1, -0.05) is 30.3 Å². The molecule has 6 heteroatoms. The van der Waals surface area contributed by atoms with E-state index in [4.69, 9.17) is 9.47 Å². The molecule has 4 aliphatic rings. The number of hydrogen-bond acceptors (Lipinski definition) is 4. The molecule has 2 aromatic rings. The van der Waals surface area contributed by atoms with Crippen molar-refractivity contribution >= 4 is 12.0 Å². The van der Waals surface area contributed by atoms with Crippen LogP contribution in [0.25, 0.3) is 0 Å². The number of benzene rings is 2. The average molecular weight is 477 g/mol. The molecule has 1 atom stereocenters. The average Bonchev–Trinajstić information content (AvgIpc) is 2.83. The Morgan fingerprint density at radius 2 is 1.57 bits per heavy atom. The molecule has 4 fully saturated rings. The van der Waals surface area contributed by atoms with Crippen LogP contribution in [0, 0.1) is 17.8 Å². The fourth-order valence-corrected chi connectivity index (χ4v) is 6.88. The van der Waals surface area contributed by atoms with Crippen molar-refractivity contribution in [2.45, 2.75) is 63.5 Å². The van der Waals surface area contributed by atoms with Gasteiger partial charge in [0.2, 0.25) is 0 Å². The van der Waals surface area contributed by atoms with Crippen molar-refractivity contribution in [1.29, 1.82) is 0 Å². The van der Waals surface area contributed by atoms with Gasteiger partial charge in [-0.15, -0.1) is 0 Å². The standard InChI is InChI=1S/C29H36N2O4/c1-2-34-27(32)24-8-10-25(11-9-24)35-26(23-6-4-3-5-7-23)12-13-30-28(33)31-29-17-20-14-21(18-29)16-22(15-20)19-29/h3-11,20-22,26H,2,12-19H2,1H3,(H2,30,31,33). The molecule has 0 spiro atoms. The molecule has 0 aromatic heterocycles. The second kappa shape index (κ2) is 10.3. The van der Waals surface area contributed by atoms with Crippen molar-refractivity contribution < 1.29 is 19.1 Å². The summed E-state index contributed by atoms with van der Waals surface area (Å²) < 4.78 is 11.3. The highest BCUT2D eigenvalue weighted by Gasteiger charge is 2.51. The predicted molar refractivity (Wildman–Crippen MR) is 134 cm³/mol. The van der Waals surface area contributed by atoms with E-state index in [0.29, 0.717) is 30.9 Å². The molecule has 2 amide bonds. The summed E-state index contributed by atoms with van der Waals surface area (Å²) in [6.07, 6.45) is 7.93. The zero-order valence-corrected chi connectivity index (χ0v) is 20.5. The lowest BCUT2D eigenvalue weighted by atomic mass is 9.53. The third-order valence-electron chi connectivity index (χ3n) is 7.92. The van der Waals surface area contributed by atoms with E-state index in [1.54, 1.807) is 31.2 Å². The minimum atomic E-state index is -0.340. The van der Waals surface area contributed by atoms with Crippen LogP contribution in [0.4, 0.5) is 4.79 Å². The number of carbonyl (C=O) groups excluding carboxylic acids is 2. The molecular formula is C29H36N2O4. The molecule has 186 valence electrons. The predicted octanol–water partition coefficient (Wildman–Crippen LogP) is 5.64. The van der Waals surface area contributed by atoms with Gasteiger partial charge in [0.25, 0.3) is 0 Å². The Morgan fingerprint density at radius 3 is 2.17 bits per heavy atom. The summed E-state index contributed by atoms with van der Waals surface area (Å²) in [5.74, 6) is 2.73. The molecule has 1 unspecified atom stereocenters. The summed E-state index contributed by atoms with van der Waals surface area (Å²) in [5, 5.41) is 6.47. The SMILES string of the molecule is CCOC(=O)c1ccc(OC(CCNC(=O)NC23CC4CC(CC(C4)C2)C3)c2ccccc2)cc1. The van der Waals surface area contributed by atoms with Gasteiger partial charge in [-0.3, -0.25) is 0 Å². The van der Waals surface area contributed by atoms with E-state index in [1.807, 2.05) is 30.3 Å². The summed E-state index contributed by atoms with van der Waals surface area (Å²) in [6.45, 7) is 2.65. The van der Waals surface area contributed by atoms with Crippen molar-refractivity contribution in [2.75, 3.05) is 13.2 Å². The Balaban J connectivity index is 1.17. The maximum atomic E-state index is 12.9. The van der Waals surface area contributed by atoms with Gasteiger partial charge < -0.3 is 20.1 Å². The smallest absolute Gasteiger partial charge is 0.338 e. The van der Waals surface area contributed by atoms with Crippen molar-refractivity contribution in [2.24, 2.45) is 17.8 Å². The van der Waals surface area contributed by atoms with E-state index < -0.39 is 0 Å². The second-order valence-corrected chi connectivity index (χ2v) is 10.6. The Kier molecular flexibility index (Phi) is 6.98. The Hall–Kier alpha value is -3.02. The highest BCUT2D eigenvalue weighted by atomic mass is 16.5. The van der Waals surface area contributed by atoms with Gasteiger partial charge in [-0.25, -0.2) is 9.59 Å². The molecule has 4 saturated carbocycles. The minimum absolute atomic E-state index is 0.00877. The van der Waals surface area contributed by atoms with Crippen LogP contribution < -0.4 is 15.4 Å². The van der Waals surface area contributed by atoms with Crippen LogP contribution in [0.3, 0.4) is 0 Å². The van der Waals surface area contributed by atoms with E-state index in [9.17, 15) is 9.59 Å². The van der Waals surface area contributed by atoms with Gasteiger partial charge in [0.05, 0.1) is 12.2 Å². The van der Waals surface area contributed by atoms with Crippen molar-refractivity contribution in [1.82, 2.24) is 10.6 Å². The van der Waals surface area contributed by atoms with Gasteiger partial charge in [-0.05, 0) is 93.0 Å². The molecule has 4 aliphatic carbocycles. The molecule has 2 N–H and O–H groups in total. The molecule has 6 rings (SSSR count). The molecule has 2 aromatic carbocycles. The molecule has 6 nitrogen and oxygen atoms in total. The van der Waals surface area contributed by atoms with E-state index in [-0.39, 0.29) is 23.6 Å². The van der Waals surface area contributed by atoms with Crippen LogP contribution in [0.5, 0.6) is 5.75 Å². The maximum absolute atomic E-state index is 12.9. The van der Waals surface area contributed by atoms with Gasteiger partial charge in [-0.2, -0.15) is 0 Å². The second-order valence-electron chi connectivity index (χ2n) is 10.6. The third kappa shape index (κ3) is 5.63. The lowest BCUT2D eigenvalue weighted by molar-refractivity contribution is -0.0135. The first-order valence-electron chi connectivity index (χ1n) is 13.1. The summed E-state index contributed by atoms with van der Waals surface area (Å²) in [7, 11) is 0. The Labute approximate surface area is 207 Å². The molecule has 4 bridgehead atoms. The summed E-state index contributed by atoms with van der Waals surface area (Å²) in [6, 6.07) is 17.0. The highest BCUT2D eigenvalue weighted by molar-refractivity contribution is 5.89. The highest BCUT2D eigenvalue weighted by Crippen LogP contribution is 2.55. The lowest BCUT2D eigenvalue weighted by Crippen LogP contribution is -2.61. The summed E-state index contributed by atoms with van der Waals surface area (Å²) >= 11 is 0. The van der Waals surface area contributed by atoms with Crippen LogP contribution in [-0.4, -0.2) is 30.7 Å². The number of amides is 2. The van der Waals surface area contributed by atoms with Gasteiger partial charge in [0, 0.05) is 18.5 Å². The fourth-order valence-electron chi connectivity index (χ4n) is 6.88. The number of urea groups is 1. The van der Waals surface area contributed by atoms with Crippen molar-refractivity contribution in [3.8, 4) is 5.75 Å². The number of hydrogen-bond donors (Lipinski definition) is 2. The lowest BCUT2D eigenvalue weighted by Gasteiger charge is -2.56. The topological polar surface area (TPSA) is 76.7 Å². The first-order chi connectivity index (χ1) is 17.0. The quantitative estimate of drug-likeness (QED) is 0.459. The Morgan fingerprint density at radius 1 is 0.943 bits per heavy atom. The summed E-state index contributed by atoms with van der Waals surface area (Å²) in [4.78, 5) is 24.8. The van der Waals surface area contributed by atoms with Crippen LogP contribution in [0.2, 0.25) is 0 Å². The number of esters is 1. The molecule has 0 saturated heterocycles. The first-order valence-corrected chi connectivity index (χ1v) is 13.1. The Bertz CT molecular complexity index is 985. The van der Waals surface area contributed by atoms with Crippen molar-refractivity contribution in [3.05, 3.63) is 65.7 Å². The van der Waals surface area contributed by atoms with E-state index in [2.05, 4.69) is 10.6 Å². The molecule has 0 aliphatic heterocycles. The largest absolute Gasteiger partial charge is 0.486 e. The zero-order chi connectivity index (χ0) is 24.3. The maximum Gasteiger partial charge on any atom is 0.338 e. The minimum Gasteiger partial charge on any atom is -0.486 e. The van der Waals surface area contributed by atoms with E-state index >= 15 is 0 Å². The van der Waals surface area contributed by atoms with Crippen LogP contribution in [-0.2, 0) is 4.74 Å². The van der Waals surface area contributed by atoms with Crippen LogP contribution in [0.15, 0.2) is 54.6 Å². The summed E-state index contributed by atoms with van der Waals surface area (Å²) in [5.41, 5.74) is 1.55. The number of nitrogens with one attached hydrogen (secondary N) is 2. The molecule has 0 heterocycles.